The van der Waals surface area contributed by atoms with Gasteiger partial charge in [-0.3, -0.25) is 0 Å². The predicted octanol–water partition coefficient (Wildman–Crippen LogP) is 3.93. The van der Waals surface area contributed by atoms with E-state index < -0.39 is 0 Å². The van der Waals surface area contributed by atoms with Crippen LogP contribution in [0, 0.1) is 6.92 Å². The van der Waals surface area contributed by atoms with E-state index in [1.54, 1.807) is 23.1 Å². The van der Waals surface area contributed by atoms with E-state index in [-0.39, 0.29) is 0 Å². The second-order valence-electron chi connectivity index (χ2n) is 5.07. The zero-order chi connectivity index (χ0) is 14.2. The first kappa shape index (κ1) is 13.1. The lowest BCUT2D eigenvalue weighted by atomic mass is 10.3. The average Bonchev–Trinajstić information content (AvgIpc) is 2.94. The van der Waals surface area contributed by atoms with Crippen LogP contribution in [0.15, 0.2) is 32.7 Å². The number of aryl methyl sites for hydroxylation is 1. The van der Waals surface area contributed by atoms with Crippen molar-refractivity contribution in [2.45, 2.75) is 36.7 Å². The fourth-order valence-electron chi connectivity index (χ4n) is 2.14. The van der Waals surface area contributed by atoms with Crippen molar-refractivity contribution in [3.63, 3.8) is 0 Å². The molecule has 4 rings (SSSR count). The Balaban J connectivity index is 1.51. The van der Waals surface area contributed by atoms with Gasteiger partial charge in [0, 0.05) is 22.7 Å². The molecule has 3 aromatic rings. The standard InChI is InChI=1S/C14H14N4OS2/c1-9-12(16-13(19-9)10-4-5-20-6-10)7-21-14-17-15-8-18(14)11-2-3-11/h4-6,8,11H,2-3,7H2,1H3. The van der Waals surface area contributed by atoms with Crippen molar-refractivity contribution in [1.82, 2.24) is 19.7 Å². The zero-order valence-electron chi connectivity index (χ0n) is 11.5. The summed E-state index contributed by atoms with van der Waals surface area (Å²) in [5.74, 6) is 2.33. The van der Waals surface area contributed by atoms with Crippen molar-refractivity contribution in [2.24, 2.45) is 0 Å². The highest BCUT2D eigenvalue weighted by Crippen LogP contribution is 2.38. The van der Waals surface area contributed by atoms with Crippen molar-refractivity contribution < 1.29 is 4.42 Å². The van der Waals surface area contributed by atoms with Crippen LogP contribution in [0.25, 0.3) is 11.5 Å². The maximum atomic E-state index is 5.76. The second kappa shape index (κ2) is 5.31. The molecule has 0 spiro atoms. The van der Waals surface area contributed by atoms with Gasteiger partial charge in [0.15, 0.2) is 5.16 Å². The van der Waals surface area contributed by atoms with Crippen LogP contribution in [-0.4, -0.2) is 19.7 Å². The van der Waals surface area contributed by atoms with Gasteiger partial charge in [0.25, 0.3) is 0 Å². The highest BCUT2D eigenvalue weighted by atomic mass is 32.2. The van der Waals surface area contributed by atoms with Gasteiger partial charge in [-0.2, -0.15) is 11.3 Å². The molecule has 1 aliphatic rings. The number of hydrogen-bond donors (Lipinski definition) is 0. The molecule has 3 aromatic heterocycles. The first-order chi connectivity index (χ1) is 10.3. The average molecular weight is 318 g/mol. The molecule has 0 atom stereocenters. The van der Waals surface area contributed by atoms with E-state index in [4.69, 9.17) is 4.42 Å². The maximum Gasteiger partial charge on any atom is 0.227 e. The van der Waals surface area contributed by atoms with Crippen LogP contribution in [0.3, 0.4) is 0 Å². The number of oxazole rings is 1. The molecule has 21 heavy (non-hydrogen) atoms. The third-order valence-electron chi connectivity index (χ3n) is 3.48. The largest absolute Gasteiger partial charge is 0.441 e. The number of thioether (sulfide) groups is 1. The van der Waals surface area contributed by atoms with Gasteiger partial charge in [-0.15, -0.1) is 10.2 Å². The number of aromatic nitrogens is 4. The minimum atomic E-state index is 0.599. The zero-order valence-corrected chi connectivity index (χ0v) is 13.2. The van der Waals surface area contributed by atoms with E-state index in [9.17, 15) is 0 Å². The Kier molecular flexibility index (Phi) is 3.31. The molecule has 108 valence electrons. The Labute approximate surface area is 130 Å². The molecule has 0 saturated heterocycles. The van der Waals surface area contributed by atoms with Crippen molar-refractivity contribution in [3.05, 3.63) is 34.6 Å². The molecule has 1 aliphatic carbocycles. The molecular formula is C14H14N4OS2. The molecule has 1 saturated carbocycles. The van der Waals surface area contributed by atoms with Gasteiger partial charge in [0.1, 0.15) is 12.1 Å². The quantitative estimate of drug-likeness (QED) is 0.667. The number of nitrogens with zero attached hydrogens (tertiary/aromatic N) is 4. The summed E-state index contributed by atoms with van der Waals surface area (Å²) in [4.78, 5) is 4.60. The van der Waals surface area contributed by atoms with Gasteiger partial charge in [-0.25, -0.2) is 4.98 Å². The van der Waals surface area contributed by atoms with Gasteiger partial charge in [0.05, 0.1) is 5.69 Å². The number of thiophene rings is 1. The van der Waals surface area contributed by atoms with Crippen LogP contribution < -0.4 is 0 Å². The summed E-state index contributed by atoms with van der Waals surface area (Å²) < 4.78 is 7.92. The van der Waals surface area contributed by atoms with Crippen LogP contribution in [-0.2, 0) is 5.75 Å². The summed E-state index contributed by atoms with van der Waals surface area (Å²) in [7, 11) is 0. The Morgan fingerprint density at radius 3 is 3.14 bits per heavy atom. The Morgan fingerprint density at radius 2 is 2.38 bits per heavy atom. The summed E-state index contributed by atoms with van der Waals surface area (Å²) in [5.41, 5.74) is 2.02. The van der Waals surface area contributed by atoms with Gasteiger partial charge in [-0.05, 0) is 31.2 Å². The van der Waals surface area contributed by atoms with E-state index in [1.807, 2.05) is 30.1 Å². The minimum absolute atomic E-state index is 0.599. The van der Waals surface area contributed by atoms with Crippen LogP contribution in [0.1, 0.15) is 30.3 Å². The molecule has 5 nitrogen and oxygen atoms in total. The summed E-state index contributed by atoms with van der Waals surface area (Å²) in [5, 5.41) is 13.3. The second-order valence-corrected chi connectivity index (χ2v) is 6.80. The Bertz CT molecular complexity index is 743. The Morgan fingerprint density at radius 1 is 1.48 bits per heavy atom. The van der Waals surface area contributed by atoms with E-state index in [1.165, 1.54) is 12.8 Å². The monoisotopic (exact) mass is 318 g/mol. The summed E-state index contributed by atoms with van der Waals surface area (Å²) in [6.07, 6.45) is 4.29. The topological polar surface area (TPSA) is 56.7 Å². The lowest BCUT2D eigenvalue weighted by Gasteiger charge is -2.02. The number of rotatable bonds is 5. The first-order valence-corrected chi connectivity index (χ1v) is 8.75. The summed E-state index contributed by atoms with van der Waals surface area (Å²) >= 11 is 3.32. The molecule has 0 aliphatic heterocycles. The fourth-order valence-corrected chi connectivity index (χ4v) is 3.76. The molecular weight excluding hydrogens is 304 g/mol. The Hall–Kier alpha value is -1.60. The predicted molar refractivity (Wildman–Crippen MR) is 82.4 cm³/mol. The van der Waals surface area contributed by atoms with Crippen molar-refractivity contribution in [1.29, 1.82) is 0 Å². The molecule has 0 aromatic carbocycles. The van der Waals surface area contributed by atoms with Crippen molar-refractivity contribution >= 4 is 23.1 Å². The lowest BCUT2D eigenvalue weighted by Crippen LogP contribution is -1.95. The molecule has 0 radical (unpaired) electrons. The minimum Gasteiger partial charge on any atom is -0.441 e. The van der Waals surface area contributed by atoms with E-state index in [0.29, 0.717) is 11.9 Å². The third-order valence-corrected chi connectivity index (χ3v) is 5.13. The summed E-state index contributed by atoms with van der Waals surface area (Å²) in [6.45, 7) is 1.96. The van der Waals surface area contributed by atoms with Crippen molar-refractivity contribution in [2.75, 3.05) is 0 Å². The molecule has 0 amide bonds. The first-order valence-electron chi connectivity index (χ1n) is 6.82. The highest BCUT2D eigenvalue weighted by molar-refractivity contribution is 7.98. The molecule has 0 bridgehead atoms. The molecule has 0 N–H and O–H groups in total. The summed E-state index contributed by atoms with van der Waals surface area (Å²) in [6, 6.07) is 2.62. The normalized spacial score (nSPS) is 14.7. The van der Waals surface area contributed by atoms with Gasteiger partial charge >= 0.3 is 0 Å². The van der Waals surface area contributed by atoms with Crippen LogP contribution in [0.4, 0.5) is 0 Å². The molecule has 7 heteroatoms. The van der Waals surface area contributed by atoms with E-state index >= 15 is 0 Å². The van der Waals surface area contributed by atoms with Gasteiger partial charge < -0.3 is 8.98 Å². The van der Waals surface area contributed by atoms with E-state index in [2.05, 4.69) is 19.7 Å². The molecule has 3 heterocycles. The smallest absolute Gasteiger partial charge is 0.227 e. The number of hydrogen-bond acceptors (Lipinski definition) is 6. The van der Waals surface area contributed by atoms with E-state index in [0.717, 1.165) is 27.9 Å². The molecule has 0 unspecified atom stereocenters. The van der Waals surface area contributed by atoms with Crippen LogP contribution in [0.5, 0.6) is 0 Å². The highest BCUT2D eigenvalue weighted by Gasteiger charge is 2.26. The fraction of sp³-hybridized carbons (Fsp3) is 0.357. The van der Waals surface area contributed by atoms with Gasteiger partial charge in [-0.1, -0.05) is 11.8 Å². The van der Waals surface area contributed by atoms with Gasteiger partial charge in [0.2, 0.25) is 5.89 Å². The van der Waals surface area contributed by atoms with Crippen molar-refractivity contribution in [3.8, 4) is 11.5 Å². The lowest BCUT2D eigenvalue weighted by molar-refractivity contribution is 0.541. The molecule has 1 fully saturated rings. The maximum absolute atomic E-state index is 5.76. The third kappa shape index (κ3) is 2.63. The SMILES string of the molecule is Cc1oc(-c2ccsc2)nc1CSc1nncn1C1CC1. The van der Waals surface area contributed by atoms with Crippen LogP contribution in [0.2, 0.25) is 0 Å². The van der Waals surface area contributed by atoms with Crippen LogP contribution >= 0.6 is 23.1 Å².